The first-order chi connectivity index (χ1) is 14.5. The summed E-state index contributed by atoms with van der Waals surface area (Å²) in [4.78, 5) is 39.4. The minimum absolute atomic E-state index is 0.0986. The van der Waals surface area contributed by atoms with Gasteiger partial charge in [-0.15, -0.1) is 0 Å². The molecule has 0 aliphatic carbocycles. The maximum atomic E-state index is 12.6. The number of hydrogen-bond donors (Lipinski definition) is 2. The van der Waals surface area contributed by atoms with E-state index in [1.807, 2.05) is 0 Å². The smallest absolute Gasteiger partial charge is 0.492 e. The van der Waals surface area contributed by atoms with E-state index < -0.39 is 24.6 Å². The Hall–Kier alpha value is -3.89. The number of nitrogens with two attached hydrogens (primary N) is 1. The maximum Gasteiger partial charge on any atom is 0.493 e. The summed E-state index contributed by atoms with van der Waals surface area (Å²) < 4.78 is 43.2. The molecule has 1 amide bonds. The van der Waals surface area contributed by atoms with Crippen LogP contribution < -0.4 is 10.5 Å². The van der Waals surface area contributed by atoms with Crippen LogP contribution in [0, 0.1) is 5.41 Å². The Morgan fingerprint density at radius 2 is 1.65 bits per heavy atom. The van der Waals surface area contributed by atoms with Gasteiger partial charge in [-0.1, -0.05) is 24.3 Å². The second-order valence-corrected chi connectivity index (χ2v) is 6.21. The summed E-state index contributed by atoms with van der Waals surface area (Å²) in [6.45, 7) is 0.454. The van der Waals surface area contributed by atoms with Crippen LogP contribution in [0.5, 0.6) is 5.75 Å². The van der Waals surface area contributed by atoms with Crippen LogP contribution in [0.3, 0.4) is 0 Å². The number of hydroxylamine groups is 2. The molecule has 0 unspecified atom stereocenters. The molecule has 164 valence electrons. The van der Waals surface area contributed by atoms with Crippen LogP contribution in [-0.4, -0.2) is 47.9 Å². The highest BCUT2D eigenvalue weighted by Crippen LogP contribution is 2.19. The fourth-order valence-corrected chi connectivity index (χ4v) is 2.33. The number of amidine groups is 1. The number of ketones is 1. The SMILES string of the molecule is CC(=O)c1ccc(C(=O)N(CCOc2cccc(C(=N)N)c2)OC(=O)C(F)(F)F)cc1. The summed E-state index contributed by atoms with van der Waals surface area (Å²) in [6.07, 6.45) is -5.31. The number of halogens is 3. The summed E-state index contributed by atoms with van der Waals surface area (Å²) in [6, 6.07) is 11.1. The quantitative estimate of drug-likeness (QED) is 0.297. The number of rotatable bonds is 7. The lowest BCUT2D eigenvalue weighted by molar-refractivity contribution is -0.229. The molecule has 0 radical (unpaired) electrons. The molecule has 2 rings (SSSR count). The molecule has 2 aromatic rings. The molecule has 0 aliphatic heterocycles. The number of amides is 1. The molecule has 11 heteroatoms. The molecule has 0 saturated carbocycles. The topological polar surface area (TPSA) is 123 Å². The minimum atomic E-state index is -5.31. The van der Waals surface area contributed by atoms with Crippen molar-refractivity contribution in [3.05, 3.63) is 65.2 Å². The van der Waals surface area contributed by atoms with Gasteiger partial charge in [0.05, 0.1) is 6.54 Å². The number of nitrogens with one attached hydrogen (secondary N) is 1. The Labute approximate surface area is 174 Å². The van der Waals surface area contributed by atoms with E-state index in [1.54, 1.807) is 12.1 Å². The van der Waals surface area contributed by atoms with Crippen LogP contribution in [-0.2, 0) is 9.63 Å². The number of nitrogen functional groups attached to an aromatic ring is 1. The van der Waals surface area contributed by atoms with Crippen molar-refractivity contribution in [2.75, 3.05) is 13.2 Å². The largest absolute Gasteiger partial charge is 0.493 e. The van der Waals surface area contributed by atoms with Crippen molar-refractivity contribution in [1.82, 2.24) is 5.06 Å². The lowest BCUT2D eigenvalue weighted by Crippen LogP contribution is -2.40. The van der Waals surface area contributed by atoms with Crippen molar-refractivity contribution in [3.8, 4) is 5.75 Å². The predicted octanol–water partition coefficient (Wildman–Crippen LogP) is 2.71. The van der Waals surface area contributed by atoms with Crippen molar-refractivity contribution >= 4 is 23.5 Å². The fraction of sp³-hybridized carbons (Fsp3) is 0.200. The van der Waals surface area contributed by atoms with Crippen LogP contribution in [0.1, 0.15) is 33.2 Å². The molecule has 0 saturated heterocycles. The highest BCUT2D eigenvalue weighted by molar-refractivity contribution is 5.98. The van der Waals surface area contributed by atoms with Crippen molar-refractivity contribution in [2.24, 2.45) is 5.73 Å². The number of benzene rings is 2. The average Bonchev–Trinajstić information content (AvgIpc) is 2.72. The molecule has 0 fully saturated rings. The lowest BCUT2D eigenvalue weighted by Gasteiger charge is -2.22. The van der Waals surface area contributed by atoms with Crippen molar-refractivity contribution in [1.29, 1.82) is 5.41 Å². The number of hydrogen-bond acceptors (Lipinski definition) is 6. The van der Waals surface area contributed by atoms with Gasteiger partial charge >= 0.3 is 12.1 Å². The highest BCUT2D eigenvalue weighted by atomic mass is 19.4. The van der Waals surface area contributed by atoms with Crippen LogP contribution in [0.2, 0.25) is 0 Å². The van der Waals surface area contributed by atoms with Gasteiger partial charge in [0.25, 0.3) is 5.91 Å². The number of Topliss-reactive ketones (excluding diaryl/α,β-unsaturated/α-hetero) is 1. The Kier molecular flexibility index (Phi) is 7.35. The first kappa shape index (κ1) is 23.4. The second kappa shape index (κ2) is 9.74. The van der Waals surface area contributed by atoms with Gasteiger partial charge in [0.2, 0.25) is 0 Å². The summed E-state index contributed by atoms with van der Waals surface area (Å²) in [5.74, 6) is -3.84. The molecule has 31 heavy (non-hydrogen) atoms. The van der Waals surface area contributed by atoms with Crippen LogP contribution in [0.25, 0.3) is 0 Å². The van der Waals surface area contributed by atoms with Gasteiger partial charge in [0.15, 0.2) is 5.78 Å². The lowest BCUT2D eigenvalue weighted by atomic mass is 10.1. The van der Waals surface area contributed by atoms with Gasteiger partial charge in [-0.05, 0) is 31.2 Å². The molecule has 3 N–H and O–H groups in total. The Balaban J connectivity index is 2.15. The van der Waals surface area contributed by atoms with E-state index in [0.717, 1.165) is 0 Å². The maximum absolute atomic E-state index is 12.6. The number of alkyl halides is 3. The number of carbonyl (C=O) groups is 3. The number of carbonyl (C=O) groups excluding carboxylic acids is 3. The van der Waals surface area contributed by atoms with E-state index in [0.29, 0.717) is 11.1 Å². The van der Waals surface area contributed by atoms with E-state index in [2.05, 4.69) is 4.84 Å². The minimum Gasteiger partial charge on any atom is -0.492 e. The third kappa shape index (κ3) is 6.56. The molecule has 0 aromatic heterocycles. The zero-order valence-corrected chi connectivity index (χ0v) is 16.2. The molecule has 0 atom stereocenters. The monoisotopic (exact) mass is 437 g/mol. The normalized spacial score (nSPS) is 10.8. The van der Waals surface area contributed by atoms with E-state index >= 15 is 0 Å². The van der Waals surface area contributed by atoms with Crippen molar-refractivity contribution in [2.45, 2.75) is 13.1 Å². The zero-order valence-electron chi connectivity index (χ0n) is 16.2. The fourth-order valence-electron chi connectivity index (χ4n) is 2.33. The predicted molar refractivity (Wildman–Crippen MR) is 103 cm³/mol. The van der Waals surface area contributed by atoms with E-state index in [4.69, 9.17) is 15.9 Å². The third-order valence-electron chi connectivity index (χ3n) is 3.90. The van der Waals surface area contributed by atoms with Crippen molar-refractivity contribution in [3.63, 3.8) is 0 Å². The van der Waals surface area contributed by atoms with Gasteiger partial charge in [0.1, 0.15) is 18.2 Å². The van der Waals surface area contributed by atoms with Crippen molar-refractivity contribution < 1.29 is 37.1 Å². The molecular formula is C20H18F3N3O5. The van der Waals surface area contributed by atoms with Crippen LogP contribution >= 0.6 is 0 Å². The van der Waals surface area contributed by atoms with Gasteiger partial charge in [0, 0.05) is 16.7 Å². The highest BCUT2D eigenvalue weighted by Gasteiger charge is 2.43. The zero-order chi connectivity index (χ0) is 23.2. The molecule has 8 nitrogen and oxygen atoms in total. The first-order valence-electron chi connectivity index (χ1n) is 8.78. The van der Waals surface area contributed by atoms with E-state index in [9.17, 15) is 27.6 Å². The molecule has 0 spiro atoms. The summed E-state index contributed by atoms with van der Waals surface area (Å²) in [7, 11) is 0. The van der Waals surface area contributed by atoms with Gasteiger partial charge in [-0.25, -0.2) is 4.79 Å². The second-order valence-electron chi connectivity index (χ2n) is 6.21. The summed E-state index contributed by atoms with van der Waals surface area (Å²) in [5.41, 5.74) is 5.94. The summed E-state index contributed by atoms with van der Waals surface area (Å²) >= 11 is 0. The van der Waals surface area contributed by atoms with Gasteiger partial charge in [-0.3, -0.25) is 15.0 Å². The van der Waals surface area contributed by atoms with E-state index in [1.165, 1.54) is 43.3 Å². The van der Waals surface area contributed by atoms with Crippen LogP contribution in [0.4, 0.5) is 13.2 Å². The molecular weight excluding hydrogens is 419 g/mol. The number of ether oxygens (including phenoxy) is 1. The standard InChI is InChI=1S/C20H18F3N3O5/c1-12(27)13-5-7-14(8-6-13)18(28)26(31-19(29)20(21,22)23)9-10-30-16-4-2-3-15(11-16)17(24)25/h2-8,11H,9-10H2,1H3,(H3,24,25). The Bertz CT molecular complexity index is 990. The molecule has 2 aromatic carbocycles. The van der Waals surface area contributed by atoms with E-state index in [-0.39, 0.29) is 34.6 Å². The third-order valence-corrected chi connectivity index (χ3v) is 3.90. The Morgan fingerprint density at radius 3 is 2.19 bits per heavy atom. The molecule has 0 aliphatic rings. The van der Waals surface area contributed by atoms with Crippen LogP contribution in [0.15, 0.2) is 48.5 Å². The first-order valence-corrected chi connectivity index (χ1v) is 8.78. The molecule has 0 heterocycles. The Morgan fingerprint density at radius 1 is 1.03 bits per heavy atom. The van der Waals surface area contributed by atoms with Gasteiger partial charge in [-0.2, -0.15) is 18.2 Å². The molecule has 0 bridgehead atoms. The average molecular weight is 437 g/mol. The summed E-state index contributed by atoms with van der Waals surface area (Å²) in [5, 5.41) is 7.62. The number of nitrogens with zero attached hydrogens (tertiary/aromatic N) is 1. The van der Waals surface area contributed by atoms with Gasteiger partial charge < -0.3 is 15.3 Å².